The van der Waals surface area contributed by atoms with Crippen LogP contribution in [0.1, 0.15) is 0 Å². The third kappa shape index (κ3) is 1.55. The van der Waals surface area contributed by atoms with Gasteiger partial charge in [-0.1, -0.05) is 11.6 Å². The molecule has 2 aromatic heterocycles. The second-order valence-corrected chi connectivity index (χ2v) is 4.98. The molecule has 0 saturated heterocycles. The summed E-state index contributed by atoms with van der Waals surface area (Å²) in [5, 5.41) is 2.44. The first-order valence-electron chi connectivity index (χ1n) is 3.81. The molecule has 3 nitrogen and oxygen atoms in total. The van der Waals surface area contributed by atoms with Crippen LogP contribution in [0.2, 0.25) is 5.15 Å². The quantitative estimate of drug-likeness (QED) is 0.877. The van der Waals surface area contributed by atoms with Gasteiger partial charge in [0, 0.05) is 16.9 Å². The molecule has 0 atom stereocenters. The predicted octanol–water partition coefficient (Wildman–Crippen LogP) is 3.15. The van der Waals surface area contributed by atoms with Gasteiger partial charge in [-0.25, -0.2) is 4.98 Å². The number of thiophene rings is 1. The van der Waals surface area contributed by atoms with Crippen molar-refractivity contribution in [3.05, 3.63) is 21.1 Å². The molecule has 2 N–H and O–H groups in total. The van der Waals surface area contributed by atoms with E-state index in [1.54, 1.807) is 15.9 Å². The maximum atomic E-state index is 5.97. The molecule has 0 spiro atoms. The molecule has 0 fully saturated rings. The van der Waals surface area contributed by atoms with Crippen LogP contribution >= 0.6 is 38.9 Å². The first-order chi connectivity index (χ1) is 6.59. The number of aromatic nitrogens is 2. The van der Waals surface area contributed by atoms with E-state index in [9.17, 15) is 0 Å². The van der Waals surface area contributed by atoms with Crippen LogP contribution in [0.5, 0.6) is 0 Å². The molecule has 0 aromatic carbocycles. The second kappa shape index (κ2) is 3.56. The molecular weight excluding hydrogens is 286 g/mol. The average molecular weight is 293 g/mol. The Morgan fingerprint density at radius 1 is 1.64 bits per heavy atom. The Labute approximate surface area is 98.6 Å². The smallest absolute Gasteiger partial charge is 0.201 e. The first-order valence-corrected chi connectivity index (χ1v) is 5.86. The Morgan fingerprint density at radius 3 is 2.79 bits per heavy atom. The fourth-order valence-electron chi connectivity index (χ4n) is 1.19. The van der Waals surface area contributed by atoms with Gasteiger partial charge in [0.15, 0.2) is 5.15 Å². The number of nitrogens with zero attached hydrogens (tertiary/aromatic N) is 2. The largest absolute Gasteiger partial charge is 0.369 e. The van der Waals surface area contributed by atoms with Crippen LogP contribution in [0, 0.1) is 0 Å². The van der Waals surface area contributed by atoms with Crippen LogP contribution in [0.3, 0.4) is 0 Å². The third-order valence-corrected chi connectivity index (χ3v) is 3.85. The molecule has 74 valence electrons. The van der Waals surface area contributed by atoms with E-state index in [2.05, 4.69) is 20.9 Å². The van der Waals surface area contributed by atoms with Crippen LogP contribution in [0.25, 0.3) is 10.6 Å². The van der Waals surface area contributed by atoms with Crippen molar-refractivity contribution in [2.45, 2.75) is 0 Å². The maximum absolute atomic E-state index is 5.97. The number of halogens is 2. The van der Waals surface area contributed by atoms with Gasteiger partial charge in [0.1, 0.15) is 0 Å². The summed E-state index contributed by atoms with van der Waals surface area (Å²) in [4.78, 5) is 5.04. The highest BCUT2D eigenvalue weighted by atomic mass is 79.9. The molecule has 0 aliphatic carbocycles. The van der Waals surface area contributed by atoms with E-state index >= 15 is 0 Å². The van der Waals surface area contributed by atoms with E-state index in [0.717, 1.165) is 15.0 Å². The molecule has 0 aliphatic rings. The van der Waals surface area contributed by atoms with Gasteiger partial charge in [-0.05, 0) is 22.0 Å². The van der Waals surface area contributed by atoms with Gasteiger partial charge in [0.05, 0.1) is 10.6 Å². The van der Waals surface area contributed by atoms with Crippen molar-refractivity contribution >= 4 is 44.8 Å². The minimum absolute atomic E-state index is 0.425. The van der Waals surface area contributed by atoms with E-state index in [1.807, 2.05) is 18.5 Å². The molecule has 0 amide bonds. The lowest BCUT2D eigenvalue weighted by Gasteiger charge is -1.99. The molecule has 0 saturated carbocycles. The number of hydrogen-bond donors (Lipinski definition) is 1. The molecule has 0 aliphatic heterocycles. The van der Waals surface area contributed by atoms with Crippen molar-refractivity contribution in [2.24, 2.45) is 7.05 Å². The van der Waals surface area contributed by atoms with E-state index < -0.39 is 0 Å². The summed E-state index contributed by atoms with van der Waals surface area (Å²) in [5.74, 6) is 0.425. The average Bonchev–Trinajstić information content (AvgIpc) is 2.60. The zero-order chi connectivity index (χ0) is 10.3. The van der Waals surface area contributed by atoms with Gasteiger partial charge in [0.2, 0.25) is 5.95 Å². The zero-order valence-corrected chi connectivity index (χ0v) is 10.4. The minimum Gasteiger partial charge on any atom is -0.369 e. The normalized spacial score (nSPS) is 10.8. The highest BCUT2D eigenvalue weighted by molar-refractivity contribution is 9.10. The molecule has 0 unspecified atom stereocenters. The Bertz CT molecular complexity index is 477. The maximum Gasteiger partial charge on any atom is 0.201 e. The predicted molar refractivity (Wildman–Crippen MR) is 63.6 cm³/mol. The van der Waals surface area contributed by atoms with Crippen LogP contribution in [-0.2, 0) is 7.05 Å². The van der Waals surface area contributed by atoms with Gasteiger partial charge in [-0.3, -0.25) is 0 Å². The Kier molecular flexibility index (Phi) is 2.55. The molecule has 2 heterocycles. The number of imidazole rings is 1. The topological polar surface area (TPSA) is 43.8 Å². The summed E-state index contributed by atoms with van der Waals surface area (Å²) < 4.78 is 2.81. The summed E-state index contributed by atoms with van der Waals surface area (Å²) in [5.41, 5.74) is 6.51. The molecule has 2 aromatic rings. The van der Waals surface area contributed by atoms with Crippen molar-refractivity contribution in [3.8, 4) is 10.6 Å². The van der Waals surface area contributed by atoms with Crippen molar-refractivity contribution in [1.82, 2.24) is 9.55 Å². The van der Waals surface area contributed by atoms with E-state index in [1.165, 1.54) is 0 Å². The highest BCUT2D eigenvalue weighted by Crippen LogP contribution is 2.34. The molecule has 2 rings (SSSR count). The van der Waals surface area contributed by atoms with Crippen molar-refractivity contribution < 1.29 is 0 Å². The number of nitrogen functional groups attached to an aromatic ring is 1. The third-order valence-electron chi connectivity index (χ3n) is 1.89. The van der Waals surface area contributed by atoms with E-state index in [0.29, 0.717) is 11.1 Å². The lowest BCUT2D eigenvalue weighted by Crippen LogP contribution is -1.97. The molecule has 14 heavy (non-hydrogen) atoms. The van der Waals surface area contributed by atoms with Gasteiger partial charge >= 0.3 is 0 Å². The van der Waals surface area contributed by atoms with E-state index in [4.69, 9.17) is 17.3 Å². The van der Waals surface area contributed by atoms with Crippen LogP contribution in [0.4, 0.5) is 5.95 Å². The number of nitrogens with two attached hydrogens (primary N) is 1. The monoisotopic (exact) mass is 291 g/mol. The number of anilines is 1. The van der Waals surface area contributed by atoms with Gasteiger partial charge in [-0.15, -0.1) is 11.3 Å². The standard InChI is InChI=1S/C8H7BrClN3S/c1-13-6(7(10)12-8(13)11)5-2-4(9)3-14-5/h2-3H,1H3,(H2,11,12). The summed E-state index contributed by atoms with van der Waals surface area (Å²) in [6, 6.07) is 1.99. The van der Waals surface area contributed by atoms with Crippen LogP contribution in [-0.4, -0.2) is 9.55 Å². The number of hydrogen-bond acceptors (Lipinski definition) is 3. The van der Waals surface area contributed by atoms with Crippen LogP contribution < -0.4 is 5.73 Å². The fraction of sp³-hybridized carbons (Fsp3) is 0.125. The minimum atomic E-state index is 0.425. The SMILES string of the molecule is Cn1c(N)nc(Cl)c1-c1cc(Br)cs1. The lowest BCUT2D eigenvalue weighted by atomic mass is 10.4. The van der Waals surface area contributed by atoms with Gasteiger partial charge < -0.3 is 10.3 Å². The van der Waals surface area contributed by atoms with Gasteiger partial charge in [0.25, 0.3) is 0 Å². The molecule has 0 radical (unpaired) electrons. The Hall–Kier alpha value is -0.520. The van der Waals surface area contributed by atoms with Gasteiger partial charge in [-0.2, -0.15) is 0 Å². The van der Waals surface area contributed by atoms with E-state index in [-0.39, 0.29) is 0 Å². The number of rotatable bonds is 1. The summed E-state index contributed by atoms with van der Waals surface area (Å²) in [6.45, 7) is 0. The molecular formula is C8H7BrClN3S. The highest BCUT2D eigenvalue weighted by Gasteiger charge is 2.14. The Balaban J connectivity index is 2.61. The first kappa shape index (κ1) is 10.0. The van der Waals surface area contributed by atoms with Crippen molar-refractivity contribution in [1.29, 1.82) is 0 Å². The summed E-state index contributed by atoms with van der Waals surface area (Å²) in [7, 11) is 1.84. The second-order valence-electron chi connectivity index (χ2n) is 2.80. The fourth-order valence-corrected chi connectivity index (χ4v) is 3.07. The Morgan fingerprint density at radius 2 is 2.36 bits per heavy atom. The molecule has 6 heteroatoms. The summed E-state index contributed by atoms with van der Waals surface area (Å²) >= 11 is 11.0. The van der Waals surface area contributed by atoms with Crippen molar-refractivity contribution in [3.63, 3.8) is 0 Å². The zero-order valence-electron chi connectivity index (χ0n) is 7.29. The van der Waals surface area contributed by atoms with Crippen LogP contribution in [0.15, 0.2) is 15.9 Å². The lowest BCUT2D eigenvalue weighted by molar-refractivity contribution is 0.940. The molecule has 0 bridgehead atoms. The summed E-state index contributed by atoms with van der Waals surface area (Å²) in [6.07, 6.45) is 0. The van der Waals surface area contributed by atoms with Crippen molar-refractivity contribution in [2.75, 3.05) is 5.73 Å².